The highest BCUT2D eigenvalue weighted by Crippen LogP contribution is 2.20. The van der Waals surface area contributed by atoms with Gasteiger partial charge in [-0.05, 0) is 40.8 Å². The van der Waals surface area contributed by atoms with Crippen molar-refractivity contribution in [1.29, 1.82) is 0 Å². The molecular weight excluding hydrogens is 260 g/mol. The number of rotatable bonds is 3. The van der Waals surface area contributed by atoms with Gasteiger partial charge < -0.3 is 9.67 Å². The normalized spacial score (nSPS) is 11.2. The molecule has 0 saturated heterocycles. The molecule has 0 fully saturated rings. The van der Waals surface area contributed by atoms with Crippen molar-refractivity contribution in [1.82, 2.24) is 4.57 Å². The molecule has 2 nitrogen and oxygen atoms in total. The van der Waals surface area contributed by atoms with Crippen molar-refractivity contribution in [2.24, 2.45) is 0 Å². The average Bonchev–Trinajstić information content (AvgIpc) is 2.80. The van der Waals surface area contributed by atoms with Gasteiger partial charge in [0.15, 0.2) is 0 Å². The molecule has 0 spiro atoms. The van der Waals surface area contributed by atoms with Crippen LogP contribution in [0.15, 0.2) is 48.7 Å². The Morgan fingerprint density at radius 2 is 1.65 bits per heavy atom. The number of nitrogens with zero attached hydrogens (tertiary/aromatic N) is 1. The lowest BCUT2D eigenvalue weighted by atomic mass is 10.1. The first-order chi connectivity index (χ1) is 9.65. The number of benzene rings is 2. The molecule has 0 aliphatic rings. The second-order valence-electron chi connectivity index (χ2n) is 4.77. The van der Waals surface area contributed by atoms with Crippen molar-refractivity contribution in [3.63, 3.8) is 0 Å². The van der Waals surface area contributed by atoms with Gasteiger partial charge in [-0.25, -0.2) is 8.78 Å². The number of hydrogen-bond donors (Lipinski definition) is 1. The third kappa shape index (κ3) is 2.42. The maximum atomic E-state index is 13.2. The minimum Gasteiger partial charge on any atom is -0.392 e. The molecule has 0 aliphatic carbocycles. The van der Waals surface area contributed by atoms with Crippen LogP contribution in [0.5, 0.6) is 0 Å². The van der Waals surface area contributed by atoms with Gasteiger partial charge in [-0.15, -0.1) is 0 Å². The van der Waals surface area contributed by atoms with Gasteiger partial charge in [0.1, 0.15) is 11.6 Å². The van der Waals surface area contributed by atoms with Crippen molar-refractivity contribution < 1.29 is 13.9 Å². The minimum atomic E-state index is -0.576. The summed E-state index contributed by atoms with van der Waals surface area (Å²) in [5.74, 6) is -1.15. The minimum absolute atomic E-state index is 0.0320. The van der Waals surface area contributed by atoms with Crippen LogP contribution in [-0.2, 0) is 13.2 Å². The zero-order valence-corrected chi connectivity index (χ0v) is 10.7. The lowest BCUT2D eigenvalue weighted by Crippen LogP contribution is -1.99. The molecule has 0 radical (unpaired) electrons. The van der Waals surface area contributed by atoms with Gasteiger partial charge in [0.25, 0.3) is 0 Å². The van der Waals surface area contributed by atoms with Crippen LogP contribution < -0.4 is 0 Å². The number of aliphatic hydroxyl groups excluding tert-OH is 1. The summed E-state index contributed by atoms with van der Waals surface area (Å²) in [4.78, 5) is 0. The lowest BCUT2D eigenvalue weighted by molar-refractivity contribution is 0.282. The summed E-state index contributed by atoms with van der Waals surface area (Å²) < 4.78 is 28.3. The Hall–Kier alpha value is -2.20. The van der Waals surface area contributed by atoms with Crippen LogP contribution in [-0.4, -0.2) is 9.67 Å². The van der Waals surface area contributed by atoms with Crippen LogP contribution >= 0.6 is 0 Å². The van der Waals surface area contributed by atoms with E-state index in [2.05, 4.69) is 0 Å². The number of aliphatic hydroxyl groups is 1. The Kier molecular flexibility index (Phi) is 3.24. The van der Waals surface area contributed by atoms with Gasteiger partial charge in [-0.3, -0.25) is 0 Å². The van der Waals surface area contributed by atoms with Crippen molar-refractivity contribution in [2.75, 3.05) is 0 Å². The Bertz CT molecular complexity index is 744. The molecule has 3 rings (SSSR count). The van der Waals surface area contributed by atoms with Crippen molar-refractivity contribution >= 4 is 10.9 Å². The number of halogens is 2. The van der Waals surface area contributed by atoms with E-state index < -0.39 is 11.6 Å². The van der Waals surface area contributed by atoms with E-state index in [0.29, 0.717) is 12.1 Å². The Morgan fingerprint density at radius 3 is 2.35 bits per heavy atom. The SMILES string of the molecule is OCc1ccc2ccn(Cc3cc(F)cc(F)c3)c2c1. The van der Waals surface area contributed by atoms with E-state index in [1.165, 1.54) is 12.1 Å². The summed E-state index contributed by atoms with van der Waals surface area (Å²) in [6.45, 7) is 0.350. The van der Waals surface area contributed by atoms with Crippen LogP contribution in [0.4, 0.5) is 8.78 Å². The second-order valence-corrected chi connectivity index (χ2v) is 4.77. The third-order valence-corrected chi connectivity index (χ3v) is 3.30. The molecule has 0 amide bonds. The largest absolute Gasteiger partial charge is 0.392 e. The van der Waals surface area contributed by atoms with Gasteiger partial charge in [-0.2, -0.15) is 0 Å². The fourth-order valence-electron chi connectivity index (χ4n) is 2.36. The molecule has 3 aromatic rings. The lowest BCUT2D eigenvalue weighted by Gasteiger charge is -2.07. The summed E-state index contributed by atoms with van der Waals surface area (Å²) in [5.41, 5.74) is 2.30. The van der Waals surface area contributed by atoms with E-state index in [-0.39, 0.29) is 6.61 Å². The molecular formula is C16H13F2NO. The van der Waals surface area contributed by atoms with Crippen LogP contribution in [0.1, 0.15) is 11.1 Å². The van der Waals surface area contributed by atoms with Gasteiger partial charge >= 0.3 is 0 Å². The van der Waals surface area contributed by atoms with Gasteiger partial charge in [0.2, 0.25) is 0 Å². The summed E-state index contributed by atoms with van der Waals surface area (Å²) >= 11 is 0. The van der Waals surface area contributed by atoms with Crippen molar-refractivity contribution in [3.05, 3.63) is 71.4 Å². The fraction of sp³-hybridized carbons (Fsp3) is 0.125. The molecule has 102 valence electrons. The zero-order valence-electron chi connectivity index (χ0n) is 10.7. The molecule has 0 saturated carbocycles. The number of fused-ring (bicyclic) bond motifs is 1. The molecule has 0 bridgehead atoms. The molecule has 0 unspecified atom stereocenters. The first-order valence-electron chi connectivity index (χ1n) is 6.29. The van der Waals surface area contributed by atoms with E-state index in [0.717, 1.165) is 22.5 Å². The molecule has 2 aromatic carbocycles. The van der Waals surface area contributed by atoms with Crippen molar-refractivity contribution in [3.8, 4) is 0 Å². The van der Waals surface area contributed by atoms with E-state index in [4.69, 9.17) is 0 Å². The highest BCUT2D eigenvalue weighted by atomic mass is 19.1. The molecule has 1 N–H and O–H groups in total. The topological polar surface area (TPSA) is 25.2 Å². The highest BCUT2D eigenvalue weighted by molar-refractivity contribution is 5.80. The average molecular weight is 273 g/mol. The van der Waals surface area contributed by atoms with Crippen LogP contribution in [0.25, 0.3) is 10.9 Å². The Balaban J connectivity index is 2.01. The maximum absolute atomic E-state index is 13.2. The van der Waals surface area contributed by atoms with E-state index in [9.17, 15) is 13.9 Å². The van der Waals surface area contributed by atoms with Crippen LogP contribution in [0.2, 0.25) is 0 Å². The molecule has 0 aliphatic heterocycles. The monoisotopic (exact) mass is 273 g/mol. The summed E-state index contributed by atoms with van der Waals surface area (Å²) in [7, 11) is 0. The fourth-order valence-corrected chi connectivity index (χ4v) is 2.36. The quantitative estimate of drug-likeness (QED) is 0.776. The summed E-state index contributed by atoms with van der Waals surface area (Å²) in [6, 6.07) is 11.1. The summed E-state index contributed by atoms with van der Waals surface area (Å²) in [5, 5.41) is 10.2. The van der Waals surface area contributed by atoms with Gasteiger partial charge in [0, 0.05) is 24.3 Å². The molecule has 1 heterocycles. The predicted octanol–water partition coefficient (Wildman–Crippen LogP) is 3.46. The van der Waals surface area contributed by atoms with E-state index in [1.54, 1.807) is 0 Å². The second kappa shape index (κ2) is 5.06. The first-order valence-corrected chi connectivity index (χ1v) is 6.29. The molecule has 20 heavy (non-hydrogen) atoms. The standard InChI is InChI=1S/C16H13F2NO/c17-14-5-12(6-15(18)8-14)9-19-4-3-13-2-1-11(10-20)7-16(13)19/h1-8,20H,9-10H2. The molecule has 4 heteroatoms. The van der Waals surface area contributed by atoms with Crippen LogP contribution in [0, 0.1) is 11.6 Å². The van der Waals surface area contributed by atoms with E-state index in [1.807, 2.05) is 35.0 Å². The molecule has 1 aromatic heterocycles. The van der Waals surface area contributed by atoms with Gasteiger partial charge in [-0.1, -0.05) is 12.1 Å². The first kappa shape index (κ1) is 12.8. The predicted molar refractivity (Wildman–Crippen MR) is 73.3 cm³/mol. The Labute approximate surface area is 114 Å². The van der Waals surface area contributed by atoms with E-state index >= 15 is 0 Å². The zero-order chi connectivity index (χ0) is 14.1. The molecule has 0 atom stereocenters. The van der Waals surface area contributed by atoms with Gasteiger partial charge in [0.05, 0.1) is 6.61 Å². The van der Waals surface area contributed by atoms with Crippen LogP contribution in [0.3, 0.4) is 0 Å². The third-order valence-electron chi connectivity index (χ3n) is 3.30. The summed E-state index contributed by atoms with van der Waals surface area (Å²) in [6.07, 6.45) is 1.87. The highest BCUT2D eigenvalue weighted by Gasteiger charge is 2.05. The Morgan fingerprint density at radius 1 is 0.900 bits per heavy atom. The van der Waals surface area contributed by atoms with Crippen molar-refractivity contribution in [2.45, 2.75) is 13.2 Å². The number of aromatic nitrogens is 1. The number of hydrogen-bond acceptors (Lipinski definition) is 1. The maximum Gasteiger partial charge on any atom is 0.126 e. The smallest absolute Gasteiger partial charge is 0.126 e.